The van der Waals surface area contributed by atoms with Gasteiger partial charge in [-0.1, -0.05) is 25.2 Å². The zero-order valence-corrected chi connectivity index (χ0v) is 17.2. The number of aromatic nitrogens is 6. The first-order chi connectivity index (χ1) is 13.5. The molecule has 0 aliphatic carbocycles. The summed E-state index contributed by atoms with van der Waals surface area (Å²) in [6.07, 6.45) is 4.12. The predicted octanol–water partition coefficient (Wildman–Crippen LogP) is 2.91. The Morgan fingerprint density at radius 2 is 2.29 bits per heavy atom. The van der Waals surface area contributed by atoms with Gasteiger partial charge in [0.15, 0.2) is 11.5 Å². The summed E-state index contributed by atoms with van der Waals surface area (Å²) >= 11 is 7.49. The summed E-state index contributed by atoms with van der Waals surface area (Å²) in [4.78, 5) is 30.5. The lowest BCUT2D eigenvalue weighted by Crippen LogP contribution is -2.41. The average Bonchev–Trinajstić information content (AvgIpc) is 3.29. The number of aromatic amines is 1. The molecule has 0 radical (unpaired) electrons. The van der Waals surface area contributed by atoms with Crippen LogP contribution in [0.2, 0.25) is 5.28 Å². The van der Waals surface area contributed by atoms with Gasteiger partial charge in [0.2, 0.25) is 16.3 Å². The second kappa shape index (κ2) is 7.96. The van der Waals surface area contributed by atoms with Crippen molar-refractivity contribution in [2.24, 2.45) is 11.8 Å². The molecule has 1 amide bonds. The van der Waals surface area contributed by atoms with Gasteiger partial charge >= 0.3 is 0 Å². The van der Waals surface area contributed by atoms with Crippen LogP contribution in [0.1, 0.15) is 31.7 Å². The molecule has 0 saturated carbocycles. The Balaban J connectivity index is 1.46. The Kier molecular flexibility index (Phi) is 5.40. The van der Waals surface area contributed by atoms with Crippen molar-refractivity contribution in [2.45, 2.75) is 33.1 Å². The quantitative estimate of drug-likeness (QED) is 0.610. The van der Waals surface area contributed by atoms with Crippen LogP contribution in [0.25, 0.3) is 11.2 Å². The molecule has 4 rings (SSSR count). The molecule has 1 saturated heterocycles. The van der Waals surface area contributed by atoms with E-state index in [4.69, 9.17) is 11.6 Å². The summed E-state index contributed by atoms with van der Waals surface area (Å²) in [5.41, 5.74) is 1.25. The first-order valence-electron chi connectivity index (χ1n) is 9.24. The smallest absolute Gasteiger partial charge is 0.231 e. The maximum Gasteiger partial charge on any atom is 0.231 e. The van der Waals surface area contributed by atoms with Crippen LogP contribution in [0.3, 0.4) is 0 Å². The van der Waals surface area contributed by atoms with Crippen molar-refractivity contribution in [3.63, 3.8) is 0 Å². The van der Waals surface area contributed by atoms with E-state index < -0.39 is 0 Å². The number of rotatable bonds is 5. The Morgan fingerprint density at radius 3 is 3.11 bits per heavy atom. The fourth-order valence-electron chi connectivity index (χ4n) is 3.35. The molecule has 0 aromatic carbocycles. The number of carbonyl (C=O) groups excluding carboxylic acids is 1. The molecule has 4 heterocycles. The first-order valence-corrected chi connectivity index (χ1v) is 10.4. The third-order valence-electron chi connectivity index (χ3n) is 4.61. The summed E-state index contributed by atoms with van der Waals surface area (Å²) < 4.78 is 0. The van der Waals surface area contributed by atoms with Crippen molar-refractivity contribution in [1.82, 2.24) is 30.1 Å². The molecule has 3 aromatic rings. The summed E-state index contributed by atoms with van der Waals surface area (Å²) in [7, 11) is 0. The van der Waals surface area contributed by atoms with Gasteiger partial charge in [-0.05, 0) is 30.4 Å². The van der Waals surface area contributed by atoms with E-state index >= 15 is 0 Å². The maximum atomic E-state index is 12.8. The van der Waals surface area contributed by atoms with Crippen LogP contribution in [0.4, 0.5) is 10.9 Å². The van der Waals surface area contributed by atoms with E-state index in [-0.39, 0.29) is 17.1 Å². The number of nitrogens with one attached hydrogen (secondary N) is 2. The van der Waals surface area contributed by atoms with E-state index in [1.54, 1.807) is 6.33 Å². The number of carbonyl (C=O) groups is 1. The van der Waals surface area contributed by atoms with Crippen LogP contribution >= 0.6 is 22.9 Å². The fourth-order valence-corrected chi connectivity index (χ4v) is 4.46. The molecule has 0 spiro atoms. The summed E-state index contributed by atoms with van der Waals surface area (Å²) in [6, 6.07) is 0. The fraction of sp³-hybridized carbons (Fsp3) is 0.529. The van der Waals surface area contributed by atoms with Crippen LogP contribution in [0.5, 0.6) is 0 Å². The molecular weight excluding hydrogens is 400 g/mol. The van der Waals surface area contributed by atoms with Gasteiger partial charge in [0.25, 0.3) is 0 Å². The second-order valence-corrected chi connectivity index (χ2v) is 8.69. The standard InChI is InChI=1S/C17H21ClN8OS/c1-9(2)6-11-24-25-17(28-11)23-15(27)10-4-3-5-26(7-10)14-12-13(20-8-19-12)21-16(18)22-14/h8-10H,3-7H2,1-2H3,(H,23,25,27)(H,19,20,21,22)/t10-/m0/s1. The minimum Gasteiger partial charge on any atom is -0.354 e. The second-order valence-electron chi connectivity index (χ2n) is 7.29. The van der Waals surface area contributed by atoms with Gasteiger partial charge in [0.1, 0.15) is 10.5 Å². The number of hydrogen-bond acceptors (Lipinski definition) is 8. The highest BCUT2D eigenvalue weighted by Crippen LogP contribution is 2.28. The lowest BCUT2D eigenvalue weighted by molar-refractivity contribution is -0.120. The number of fused-ring (bicyclic) bond motifs is 1. The van der Waals surface area contributed by atoms with Gasteiger partial charge in [-0.25, -0.2) is 4.98 Å². The van der Waals surface area contributed by atoms with Crippen molar-refractivity contribution in [1.29, 1.82) is 0 Å². The first kappa shape index (κ1) is 19.0. The minimum atomic E-state index is -0.169. The highest BCUT2D eigenvalue weighted by molar-refractivity contribution is 7.15. The molecule has 0 unspecified atom stereocenters. The Hall–Kier alpha value is -2.33. The van der Waals surface area contributed by atoms with Gasteiger partial charge in [-0.15, -0.1) is 10.2 Å². The number of nitrogens with zero attached hydrogens (tertiary/aromatic N) is 6. The highest BCUT2D eigenvalue weighted by atomic mass is 35.5. The van der Waals surface area contributed by atoms with Crippen LogP contribution in [-0.4, -0.2) is 49.1 Å². The monoisotopic (exact) mass is 420 g/mol. The number of H-pyrrole nitrogens is 1. The van der Waals surface area contributed by atoms with E-state index in [0.717, 1.165) is 36.3 Å². The minimum absolute atomic E-state index is 0.0436. The normalized spacial score (nSPS) is 17.4. The van der Waals surface area contributed by atoms with Gasteiger partial charge < -0.3 is 15.2 Å². The zero-order valence-electron chi connectivity index (χ0n) is 15.6. The molecule has 2 N–H and O–H groups in total. The predicted molar refractivity (Wildman–Crippen MR) is 109 cm³/mol. The third-order valence-corrected chi connectivity index (χ3v) is 5.64. The largest absolute Gasteiger partial charge is 0.354 e. The SMILES string of the molecule is CC(C)Cc1nnc(NC(=O)[C@H]2CCCN(c3nc(Cl)nc4nc[nH]c34)C2)s1. The Bertz CT molecular complexity index is 987. The number of halogens is 1. The summed E-state index contributed by atoms with van der Waals surface area (Å²) in [6.45, 7) is 5.60. The molecule has 148 valence electrons. The van der Waals surface area contributed by atoms with Crippen LogP contribution in [0.15, 0.2) is 6.33 Å². The maximum absolute atomic E-state index is 12.8. The van der Waals surface area contributed by atoms with Crippen molar-refractivity contribution < 1.29 is 4.79 Å². The van der Waals surface area contributed by atoms with Crippen LogP contribution in [-0.2, 0) is 11.2 Å². The number of piperidine rings is 1. The third kappa shape index (κ3) is 4.07. The van der Waals surface area contributed by atoms with E-state index in [0.29, 0.717) is 29.1 Å². The lowest BCUT2D eigenvalue weighted by atomic mass is 9.97. The molecule has 28 heavy (non-hydrogen) atoms. The topological polar surface area (TPSA) is 113 Å². The number of hydrogen-bond donors (Lipinski definition) is 2. The molecule has 1 aliphatic heterocycles. The van der Waals surface area contributed by atoms with E-state index in [9.17, 15) is 4.79 Å². The van der Waals surface area contributed by atoms with E-state index in [1.165, 1.54) is 11.3 Å². The number of amides is 1. The van der Waals surface area contributed by atoms with Crippen molar-refractivity contribution in [3.05, 3.63) is 16.6 Å². The lowest BCUT2D eigenvalue weighted by Gasteiger charge is -2.32. The molecule has 11 heteroatoms. The van der Waals surface area contributed by atoms with Gasteiger partial charge in [-0.2, -0.15) is 9.97 Å². The van der Waals surface area contributed by atoms with E-state index in [1.807, 2.05) is 0 Å². The summed E-state index contributed by atoms with van der Waals surface area (Å²) in [5, 5.41) is 12.8. The number of anilines is 2. The molecule has 3 aromatic heterocycles. The Labute approximate surface area is 171 Å². The van der Waals surface area contributed by atoms with Crippen LogP contribution in [0, 0.1) is 11.8 Å². The zero-order chi connectivity index (χ0) is 19.7. The van der Waals surface area contributed by atoms with Crippen molar-refractivity contribution in [3.8, 4) is 0 Å². The molecule has 1 fully saturated rings. The molecule has 1 aliphatic rings. The van der Waals surface area contributed by atoms with E-state index in [2.05, 4.69) is 54.2 Å². The molecular formula is C17H21ClN8OS. The van der Waals surface area contributed by atoms with Gasteiger partial charge in [-0.3, -0.25) is 4.79 Å². The highest BCUT2D eigenvalue weighted by Gasteiger charge is 2.29. The molecule has 1 atom stereocenters. The van der Waals surface area contributed by atoms with Gasteiger partial charge in [0.05, 0.1) is 12.2 Å². The summed E-state index contributed by atoms with van der Waals surface area (Å²) in [5.74, 6) is 0.971. The molecule has 9 nitrogen and oxygen atoms in total. The number of imidazole rings is 1. The van der Waals surface area contributed by atoms with Crippen molar-refractivity contribution >= 4 is 51.0 Å². The van der Waals surface area contributed by atoms with Crippen molar-refractivity contribution in [2.75, 3.05) is 23.3 Å². The van der Waals surface area contributed by atoms with Crippen LogP contribution < -0.4 is 10.2 Å². The Morgan fingerprint density at radius 1 is 1.43 bits per heavy atom. The average molecular weight is 421 g/mol. The van der Waals surface area contributed by atoms with Gasteiger partial charge in [0, 0.05) is 19.5 Å². The molecule has 0 bridgehead atoms.